The Bertz CT molecular complexity index is 782. The molecule has 6 nitrogen and oxygen atoms in total. The zero-order valence-electron chi connectivity index (χ0n) is 12.2. The third-order valence-electron chi connectivity index (χ3n) is 3.69. The van der Waals surface area contributed by atoms with Crippen molar-refractivity contribution in [1.82, 2.24) is 19.4 Å². The van der Waals surface area contributed by atoms with E-state index >= 15 is 0 Å². The summed E-state index contributed by atoms with van der Waals surface area (Å²) in [5, 5.41) is 8.04. The van der Waals surface area contributed by atoms with Crippen molar-refractivity contribution in [2.75, 3.05) is 26.2 Å². The number of nitrogens with one attached hydrogen (secondary N) is 1. The number of sulfonamides is 1. The number of hydrogen-bond acceptors (Lipinski definition) is 4. The molecule has 22 heavy (non-hydrogen) atoms. The first-order valence-corrected chi connectivity index (χ1v) is 8.83. The topological polar surface area (TPSA) is 67.2 Å². The van der Waals surface area contributed by atoms with Crippen LogP contribution in [0.1, 0.15) is 5.56 Å². The molecule has 1 aromatic heterocycles. The minimum Gasteiger partial charge on any atom is -0.314 e. The molecule has 0 amide bonds. The van der Waals surface area contributed by atoms with Gasteiger partial charge in [-0.05, 0) is 30.7 Å². The first-order chi connectivity index (χ1) is 10.5. The molecule has 2 aromatic rings. The molecule has 3 rings (SSSR count). The molecule has 0 unspecified atom stereocenters. The third kappa shape index (κ3) is 2.77. The molecule has 1 aliphatic heterocycles. The highest BCUT2D eigenvalue weighted by Gasteiger charge is 2.29. The van der Waals surface area contributed by atoms with Crippen LogP contribution in [0.5, 0.6) is 0 Å². The predicted octanol–water partition coefficient (Wildman–Crippen LogP) is 1.43. The maximum atomic E-state index is 12.8. The second-order valence-corrected chi connectivity index (χ2v) is 7.49. The van der Waals surface area contributed by atoms with Crippen molar-refractivity contribution in [2.24, 2.45) is 0 Å². The summed E-state index contributed by atoms with van der Waals surface area (Å²) in [7, 11) is -3.58. The van der Waals surface area contributed by atoms with Gasteiger partial charge in [0.2, 0.25) is 0 Å². The molecule has 0 bridgehead atoms. The van der Waals surface area contributed by atoms with Gasteiger partial charge in [-0.1, -0.05) is 17.7 Å². The number of aryl methyl sites for hydroxylation is 1. The van der Waals surface area contributed by atoms with Crippen LogP contribution >= 0.6 is 11.6 Å². The molecule has 0 aliphatic carbocycles. The molecule has 0 spiro atoms. The molecule has 2 heterocycles. The van der Waals surface area contributed by atoms with Crippen LogP contribution in [0.25, 0.3) is 5.69 Å². The monoisotopic (exact) mass is 340 g/mol. The van der Waals surface area contributed by atoms with Crippen LogP contribution in [-0.4, -0.2) is 48.7 Å². The summed E-state index contributed by atoms with van der Waals surface area (Å²) in [6.07, 6.45) is 1.50. The first kappa shape index (κ1) is 15.5. The van der Waals surface area contributed by atoms with E-state index in [1.165, 1.54) is 21.3 Å². The maximum absolute atomic E-state index is 12.8. The van der Waals surface area contributed by atoms with E-state index < -0.39 is 10.0 Å². The number of aromatic nitrogens is 2. The lowest BCUT2D eigenvalue weighted by molar-refractivity contribution is 0.358. The summed E-state index contributed by atoms with van der Waals surface area (Å²) >= 11 is 6.04. The Balaban J connectivity index is 2.07. The van der Waals surface area contributed by atoms with Gasteiger partial charge < -0.3 is 5.32 Å². The average Bonchev–Trinajstić information content (AvgIpc) is 3.01. The summed E-state index contributed by atoms with van der Waals surface area (Å²) < 4.78 is 28.6. The van der Waals surface area contributed by atoms with Gasteiger partial charge in [0, 0.05) is 31.2 Å². The highest BCUT2D eigenvalue weighted by Crippen LogP contribution is 2.24. The van der Waals surface area contributed by atoms with Gasteiger partial charge in [-0.2, -0.15) is 9.40 Å². The van der Waals surface area contributed by atoms with E-state index in [0.717, 1.165) is 5.56 Å². The third-order valence-corrected chi connectivity index (χ3v) is 5.81. The van der Waals surface area contributed by atoms with Crippen LogP contribution in [0.2, 0.25) is 5.02 Å². The standard InChI is InChI=1S/C14H17ClN4O2S/c1-11-2-3-12(15)10-13(11)19-14(4-5-17-19)22(20,21)18-8-6-16-7-9-18/h2-5,10,16H,6-9H2,1H3. The fourth-order valence-electron chi connectivity index (χ4n) is 2.50. The van der Waals surface area contributed by atoms with E-state index in [4.69, 9.17) is 11.6 Å². The highest BCUT2D eigenvalue weighted by molar-refractivity contribution is 7.89. The van der Waals surface area contributed by atoms with Crippen LogP contribution in [-0.2, 0) is 10.0 Å². The molecule has 1 fully saturated rings. The molecule has 1 saturated heterocycles. The minimum atomic E-state index is -3.58. The van der Waals surface area contributed by atoms with Crippen molar-refractivity contribution in [3.05, 3.63) is 41.0 Å². The SMILES string of the molecule is Cc1ccc(Cl)cc1-n1nccc1S(=O)(=O)N1CCNCC1. The van der Waals surface area contributed by atoms with Gasteiger partial charge >= 0.3 is 0 Å². The van der Waals surface area contributed by atoms with E-state index in [0.29, 0.717) is 36.9 Å². The van der Waals surface area contributed by atoms with Gasteiger partial charge in [0.1, 0.15) is 0 Å². The number of rotatable bonds is 3. The summed E-state index contributed by atoms with van der Waals surface area (Å²) in [4.78, 5) is 0. The van der Waals surface area contributed by atoms with Crippen LogP contribution in [0.3, 0.4) is 0 Å². The van der Waals surface area contributed by atoms with Crippen LogP contribution < -0.4 is 5.32 Å². The lowest BCUT2D eigenvalue weighted by Gasteiger charge is -2.26. The molecule has 0 radical (unpaired) electrons. The Morgan fingerprint density at radius 2 is 1.95 bits per heavy atom. The zero-order valence-corrected chi connectivity index (χ0v) is 13.7. The molecular formula is C14H17ClN4O2S. The molecule has 0 saturated carbocycles. The van der Waals surface area contributed by atoms with E-state index in [-0.39, 0.29) is 5.03 Å². The lowest BCUT2D eigenvalue weighted by Crippen LogP contribution is -2.46. The van der Waals surface area contributed by atoms with Gasteiger partial charge in [0.25, 0.3) is 10.0 Å². The van der Waals surface area contributed by atoms with Gasteiger partial charge in [0.05, 0.1) is 11.9 Å². The predicted molar refractivity (Wildman–Crippen MR) is 84.9 cm³/mol. The molecule has 1 aliphatic rings. The largest absolute Gasteiger partial charge is 0.314 e. The molecular weight excluding hydrogens is 324 g/mol. The van der Waals surface area contributed by atoms with Crippen molar-refractivity contribution in [3.63, 3.8) is 0 Å². The lowest BCUT2D eigenvalue weighted by atomic mass is 10.2. The normalized spacial score (nSPS) is 16.8. The van der Waals surface area contributed by atoms with Crippen molar-refractivity contribution in [3.8, 4) is 5.69 Å². The molecule has 8 heteroatoms. The van der Waals surface area contributed by atoms with E-state index in [1.54, 1.807) is 12.1 Å². The summed E-state index contributed by atoms with van der Waals surface area (Å²) in [6.45, 7) is 4.13. The second-order valence-electron chi connectivity index (χ2n) is 5.17. The van der Waals surface area contributed by atoms with Crippen LogP contribution in [0, 0.1) is 6.92 Å². The van der Waals surface area contributed by atoms with E-state index in [1.807, 2.05) is 13.0 Å². The summed E-state index contributed by atoms with van der Waals surface area (Å²) in [5.41, 5.74) is 1.58. The van der Waals surface area contributed by atoms with Gasteiger partial charge in [-0.25, -0.2) is 13.1 Å². The summed E-state index contributed by atoms with van der Waals surface area (Å²) in [5.74, 6) is 0. The Kier molecular flexibility index (Phi) is 4.22. The Morgan fingerprint density at radius 1 is 1.23 bits per heavy atom. The van der Waals surface area contributed by atoms with Gasteiger partial charge in [0.15, 0.2) is 5.03 Å². The van der Waals surface area contributed by atoms with Gasteiger partial charge in [-0.3, -0.25) is 0 Å². The number of benzene rings is 1. The molecule has 1 N–H and O–H groups in total. The van der Waals surface area contributed by atoms with Crippen molar-refractivity contribution >= 4 is 21.6 Å². The number of halogens is 1. The molecule has 118 valence electrons. The van der Waals surface area contributed by atoms with Crippen LogP contribution in [0.4, 0.5) is 0 Å². The number of hydrogen-bond donors (Lipinski definition) is 1. The number of piperazine rings is 1. The van der Waals surface area contributed by atoms with Crippen molar-refractivity contribution in [1.29, 1.82) is 0 Å². The Labute approximate surface area is 134 Å². The smallest absolute Gasteiger partial charge is 0.260 e. The van der Waals surface area contributed by atoms with Crippen molar-refractivity contribution < 1.29 is 8.42 Å². The van der Waals surface area contributed by atoms with Crippen LogP contribution in [0.15, 0.2) is 35.5 Å². The van der Waals surface area contributed by atoms with E-state index in [9.17, 15) is 8.42 Å². The van der Waals surface area contributed by atoms with E-state index in [2.05, 4.69) is 10.4 Å². The first-order valence-electron chi connectivity index (χ1n) is 7.01. The van der Waals surface area contributed by atoms with Gasteiger partial charge in [-0.15, -0.1) is 0 Å². The fourth-order valence-corrected chi connectivity index (χ4v) is 4.19. The molecule has 0 atom stereocenters. The highest BCUT2D eigenvalue weighted by atomic mass is 35.5. The van der Waals surface area contributed by atoms with Crippen molar-refractivity contribution in [2.45, 2.75) is 11.9 Å². The Morgan fingerprint density at radius 3 is 2.68 bits per heavy atom. The summed E-state index contributed by atoms with van der Waals surface area (Å²) in [6, 6.07) is 6.87. The second kappa shape index (κ2) is 6.00. The fraction of sp³-hybridized carbons (Fsp3) is 0.357. The zero-order chi connectivity index (χ0) is 15.7. The maximum Gasteiger partial charge on any atom is 0.260 e. The quantitative estimate of drug-likeness (QED) is 0.917. The minimum absolute atomic E-state index is 0.166. The average molecular weight is 341 g/mol. The Hall–Kier alpha value is -1.41. The molecule has 1 aromatic carbocycles. The number of nitrogens with zero attached hydrogens (tertiary/aromatic N) is 3.